The van der Waals surface area contributed by atoms with E-state index < -0.39 is 17.8 Å². The zero-order valence-electron chi connectivity index (χ0n) is 9.90. The number of aromatic amines is 1. The van der Waals surface area contributed by atoms with Gasteiger partial charge in [-0.1, -0.05) is 0 Å². The molecule has 3 N–H and O–H groups in total. The van der Waals surface area contributed by atoms with Crippen LogP contribution in [0.4, 0.5) is 10.1 Å². The second-order valence-corrected chi connectivity index (χ2v) is 3.83. The summed E-state index contributed by atoms with van der Waals surface area (Å²) in [7, 11) is 0. The van der Waals surface area contributed by atoms with E-state index in [1.165, 1.54) is 12.3 Å². The van der Waals surface area contributed by atoms with E-state index in [0.717, 1.165) is 12.3 Å². The van der Waals surface area contributed by atoms with Gasteiger partial charge in [-0.2, -0.15) is 4.39 Å². The Balaban J connectivity index is 2.27. The highest BCUT2D eigenvalue weighted by Crippen LogP contribution is 2.19. The highest BCUT2D eigenvalue weighted by Gasteiger charge is 2.17. The number of carboxylic acid groups (broad SMARTS) is 1. The fourth-order valence-corrected chi connectivity index (χ4v) is 1.64. The number of pyridine rings is 1. The van der Waals surface area contributed by atoms with Gasteiger partial charge in [0.2, 0.25) is 5.95 Å². The Hall–Kier alpha value is -2.70. The van der Waals surface area contributed by atoms with E-state index in [9.17, 15) is 14.0 Å². The summed E-state index contributed by atoms with van der Waals surface area (Å²) < 4.78 is 12.9. The molecule has 0 aliphatic carbocycles. The predicted octanol–water partition coefficient (Wildman–Crippen LogP) is 1.81. The molecule has 0 aromatic carbocycles. The first-order valence-electron chi connectivity index (χ1n) is 5.33. The van der Waals surface area contributed by atoms with Crippen LogP contribution in [0.5, 0.6) is 0 Å². The minimum absolute atomic E-state index is 0.0251. The molecule has 0 atom stereocenters. The summed E-state index contributed by atoms with van der Waals surface area (Å²) in [5.41, 5.74) is 0.585. The molecule has 2 aromatic rings. The molecule has 1 amide bonds. The topological polar surface area (TPSA) is 95.1 Å². The lowest BCUT2D eigenvalue weighted by molar-refractivity contribution is 0.0697. The molecule has 2 aromatic heterocycles. The molecule has 0 unspecified atom stereocenters. The third-order valence-corrected chi connectivity index (χ3v) is 2.53. The second kappa shape index (κ2) is 4.89. The quantitative estimate of drug-likeness (QED) is 0.736. The Morgan fingerprint density at radius 1 is 1.47 bits per heavy atom. The van der Waals surface area contributed by atoms with Crippen molar-refractivity contribution in [1.82, 2.24) is 9.97 Å². The molecule has 2 heterocycles. The SMILES string of the molecule is Cc1[nH]cc(NC(=O)c2ccnc(F)c2)c1C(=O)O. The largest absolute Gasteiger partial charge is 0.478 e. The number of nitrogens with one attached hydrogen (secondary N) is 2. The van der Waals surface area contributed by atoms with E-state index >= 15 is 0 Å². The third kappa shape index (κ3) is 2.59. The number of halogens is 1. The van der Waals surface area contributed by atoms with Crippen molar-refractivity contribution in [3.05, 3.63) is 47.3 Å². The van der Waals surface area contributed by atoms with Crippen LogP contribution in [0, 0.1) is 12.9 Å². The van der Waals surface area contributed by atoms with Crippen LogP contribution in [0.15, 0.2) is 24.5 Å². The van der Waals surface area contributed by atoms with E-state index in [1.807, 2.05) is 0 Å². The van der Waals surface area contributed by atoms with Crippen molar-refractivity contribution in [3.63, 3.8) is 0 Å². The van der Waals surface area contributed by atoms with E-state index in [4.69, 9.17) is 5.11 Å². The summed E-state index contributed by atoms with van der Waals surface area (Å²) in [6.45, 7) is 1.57. The number of aromatic carboxylic acids is 1. The number of carboxylic acids is 1. The predicted molar refractivity (Wildman–Crippen MR) is 64.6 cm³/mol. The molecule has 0 bridgehead atoms. The molecule has 0 saturated carbocycles. The van der Waals surface area contributed by atoms with Crippen LogP contribution in [-0.4, -0.2) is 27.0 Å². The first kappa shape index (κ1) is 12.7. The number of rotatable bonds is 3. The standard InChI is InChI=1S/C12H10FN3O3/c1-6-10(12(18)19)8(5-15-6)16-11(17)7-2-3-14-9(13)4-7/h2-5,15H,1H3,(H,16,17)(H,18,19). The maximum absolute atomic E-state index is 12.9. The van der Waals surface area contributed by atoms with Gasteiger partial charge in [-0.3, -0.25) is 4.79 Å². The Kier molecular flexibility index (Phi) is 3.28. The minimum Gasteiger partial charge on any atom is -0.478 e. The molecule has 7 heteroatoms. The van der Waals surface area contributed by atoms with Crippen LogP contribution >= 0.6 is 0 Å². The average Bonchev–Trinajstić information content (AvgIpc) is 2.70. The highest BCUT2D eigenvalue weighted by molar-refractivity contribution is 6.08. The molecular formula is C12H10FN3O3. The van der Waals surface area contributed by atoms with Crippen LogP contribution in [0.1, 0.15) is 26.4 Å². The molecule has 0 spiro atoms. The van der Waals surface area contributed by atoms with Gasteiger partial charge in [-0.25, -0.2) is 9.78 Å². The van der Waals surface area contributed by atoms with Gasteiger partial charge in [0, 0.05) is 29.7 Å². The number of aromatic nitrogens is 2. The van der Waals surface area contributed by atoms with Crippen LogP contribution in [-0.2, 0) is 0 Å². The van der Waals surface area contributed by atoms with E-state index in [1.54, 1.807) is 6.92 Å². The maximum atomic E-state index is 12.9. The summed E-state index contributed by atoms with van der Waals surface area (Å²) in [6.07, 6.45) is 2.53. The fourth-order valence-electron chi connectivity index (χ4n) is 1.64. The molecule has 19 heavy (non-hydrogen) atoms. The second-order valence-electron chi connectivity index (χ2n) is 3.83. The molecule has 0 saturated heterocycles. The smallest absolute Gasteiger partial charge is 0.339 e. The van der Waals surface area contributed by atoms with Crippen molar-refractivity contribution in [1.29, 1.82) is 0 Å². The number of amides is 1. The first-order valence-corrected chi connectivity index (χ1v) is 5.33. The van der Waals surface area contributed by atoms with Gasteiger partial charge in [0.15, 0.2) is 0 Å². The van der Waals surface area contributed by atoms with Crippen LogP contribution in [0.3, 0.4) is 0 Å². The summed E-state index contributed by atoms with van der Waals surface area (Å²) in [4.78, 5) is 28.9. The van der Waals surface area contributed by atoms with Gasteiger partial charge < -0.3 is 15.4 Å². The zero-order chi connectivity index (χ0) is 14.0. The maximum Gasteiger partial charge on any atom is 0.339 e. The van der Waals surface area contributed by atoms with Crippen molar-refractivity contribution in [3.8, 4) is 0 Å². The lowest BCUT2D eigenvalue weighted by Gasteiger charge is -2.04. The normalized spacial score (nSPS) is 10.2. The van der Waals surface area contributed by atoms with Crippen molar-refractivity contribution in [2.45, 2.75) is 6.92 Å². The van der Waals surface area contributed by atoms with Crippen molar-refractivity contribution in [2.75, 3.05) is 5.32 Å². The summed E-state index contributed by atoms with van der Waals surface area (Å²) in [5, 5.41) is 11.4. The molecule has 6 nitrogen and oxygen atoms in total. The van der Waals surface area contributed by atoms with Gasteiger partial charge in [0.05, 0.1) is 5.69 Å². The Labute approximate surface area is 107 Å². The van der Waals surface area contributed by atoms with E-state index in [-0.39, 0.29) is 16.8 Å². The molecule has 0 aliphatic rings. The van der Waals surface area contributed by atoms with Crippen molar-refractivity contribution in [2.24, 2.45) is 0 Å². The van der Waals surface area contributed by atoms with Crippen LogP contribution < -0.4 is 5.32 Å². The minimum atomic E-state index is -1.16. The zero-order valence-corrected chi connectivity index (χ0v) is 9.90. The van der Waals surface area contributed by atoms with Gasteiger partial charge in [0.25, 0.3) is 5.91 Å². The number of hydrogen-bond donors (Lipinski definition) is 3. The molecule has 0 fully saturated rings. The number of H-pyrrole nitrogens is 1. The van der Waals surface area contributed by atoms with Gasteiger partial charge in [-0.15, -0.1) is 0 Å². The molecule has 2 rings (SSSR count). The van der Waals surface area contributed by atoms with Gasteiger partial charge in [-0.05, 0) is 13.0 Å². The van der Waals surface area contributed by atoms with Gasteiger partial charge >= 0.3 is 5.97 Å². The number of nitrogens with zero attached hydrogens (tertiary/aromatic N) is 1. The monoisotopic (exact) mass is 263 g/mol. The number of hydrogen-bond acceptors (Lipinski definition) is 3. The summed E-state index contributed by atoms with van der Waals surface area (Å²) in [6, 6.07) is 2.30. The van der Waals surface area contributed by atoms with Crippen LogP contribution in [0.25, 0.3) is 0 Å². The lowest BCUT2D eigenvalue weighted by Crippen LogP contribution is -2.14. The van der Waals surface area contributed by atoms with E-state index in [0.29, 0.717) is 5.69 Å². The van der Waals surface area contributed by atoms with Crippen molar-refractivity contribution < 1.29 is 19.1 Å². The van der Waals surface area contributed by atoms with Crippen LogP contribution in [0.2, 0.25) is 0 Å². The third-order valence-electron chi connectivity index (χ3n) is 2.53. The molecule has 0 aliphatic heterocycles. The Bertz CT molecular complexity index is 651. The van der Waals surface area contributed by atoms with Crippen molar-refractivity contribution >= 4 is 17.6 Å². The number of anilines is 1. The Morgan fingerprint density at radius 3 is 2.84 bits per heavy atom. The summed E-state index contributed by atoms with van der Waals surface area (Å²) in [5.74, 6) is -2.55. The lowest BCUT2D eigenvalue weighted by atomic mass is 10.2. The molecule has 0 radical (unpaired) electrons. The van der Waals surface area contributed by atoms with Gasteiger partial charge in [0.1, 0.15) is 5.56 Å². The molecular weight excluding hydrogens is 253 g/mol. The highest BCUT2D eigenvalue weighted by atomic mass is 19.1. The number of carbonyl (C=O) groups is 2. The fraction of sp³-hybridized carbons (Fsp3) is 0.0833. The Morgan fingerprint density at radius 2 is 2.21 bits per heavy atom. The number of aryl methyl sites for hydroxylation is 1. The average molecular weight is 263 g/mol. The number of carbonyl (C=O) groups excluding carboxylic acids is 1. The summed E-state index contributed by atoms with van der Waals surface area (Å²) >= 11 is 0. The molecule has 98 valence electrons. The van der Waals surface area contributed by atoms with E-state index in [2.05, 4.69) is 15.3 Å². The first-order chi connectivity index (χ1) is 8.99.